The Morgan fingerprint density at radius 2 is 1.63 bits per heavy atom. The zero-order valence-electron chi connectivity index (χ0n) is 16.5. The number of nitrogens with one attached hydrogen (secondary N) is 2. The summed E-state index contributed by atoms with van der Waals surface area (Å²) in [6.45, 7) is 0. The van der Waals surface area contributed by atoms with Crippen molar-refractivity contribution in [2.24, 2.45) is 0 Å². The van der Waals surface area contributed by atoms with Gasteiger partial charge in [-0.05, 0) is 54.3 Å². The van der Waals surface area contributed by atoms with Gasteiger partial charge in [-0.25, -0.2) is 14.8 Å². The number of hydrogen-bond donors (Lipinski definition) is 2. The van der Waals surface area contributed by atoms with Gasteiger partial charge in [0.05, 0.1) is 11.2 Å². The molecule has 1 fully saturated rings. The molecule has 1 aromatic carbocycles. The van der Waals surface area contributed by atoms with Crippen molar-refractivity contribution < 1.29 is 4.79 Å². The molecule has 150 valence electrons. The van der Waals surface area contributed by atoms with Crippen LogP contribution in [0.5, 0.6) is 0 Å². The summed E-state index contributed by atoms with van der Waals surface area (Å²) in [4.78, 5) is 25.2. The van der Waals surface area contributed by atoms with Gasteiger partial charge in [-0.3, -0.25) is 4.98 Å². The maximum absolute atomic E-state index is 12.8. The normalized spacial score (nSPS) is 15.0. The number of aromatic nitrogens is 3. The second-order valence-electron chi connectivity index (χ2n) is 7.41. The third-order valence-electron chi connectivity index (χ3n) is 5.46. The minimum Gasteiger partial charge on any atom is -0.327 e. The number of benzene rings is 1. The van der Waals surface area contributed by atoms with Gasteiger partial charge in [0.1, 0.15) is 6.07 Å². The lowest BCUT2D eigenvalue weighted by Crippen LogP contribution is -2.49. The molecule has 7 heteroatoms. The number of urea groups is 1. The van der Waals surface area contributed by atoms with Gasteiger partial charge in [0.15, 0.2) is 0 Å². The van der Waals surface area contributed by atoms with Crippen molar-refractivity contribution in [3.8, 4) is 17.2 Å². The molecule has 2 amide bonds. The third kappa shape index (κ3) is 4.28. The van der Waals surface area contributed by atoms with E-state index in [1.165, 1.54) is 0 Å². The smallest absolute Gasteiger partial charge is 0.319 e. The Balaban J connectivity index is 1.50. The van der Waals surface area contributed by atoms with Crippen molar-refractivity contribution in [2.75, 3.05) is 5.32 Å². The lowest BCUT2D eigenvalue weighted by Gasteiger charge is -2.37. The van der Waals surface area contributed by atoms with Crippen molar-refractivity contribution >= 4 is 11.7 Å². The van der Waals surface area contributed by atoms with Crippen LogP contribution in [0, 0.1) is 11.3 Å². The molecule has 1 aliphatic carbocycles. The van der Waals surface area contributed by atoms with E-state index >= 15 is 0 Å². The number of nitrogens with zero attached hydrogens (tertiary/aromatic N) is 4. The maximum Gasteiger partial charge on any atom is 0.319 e. The van der Waals surface area contributed by atoms with Crippen molar-refractivity contribution in [2.45, 2.75) is 37.6 Å². The van der Waals surface area contributed by atoms with Crippen LogP contribution in [0.2, 0.25) is 0 Å². The van der Waals surface area contributed by atoms with E-state index in [0.29, 0.717) is 11.4 Å². The van der Waals surface area contributed by atoms with E-state index in [1.807, 2.05) is 42.5 Å². The number of anilines is 1. The summed E-state index contributed by atoms with van der Waals surface area (Å²) >= 11 is 0. The number of carbonyl (C=O) groups excluding carboxylic acids is 1. The number of pyridine rings is 1. The molecule has 3 aromatic rings. The summed E-state index contributed by atoms with van der Waals surface area (Å²) in [5.41, 5.74) is 2.93. The molecule has 2 heterocycles. The van der Waals surface area contributed by atoms with E-state index in [2.05, 4.69) is 25.6 Å². The highest BCUT2D eigenvalue weighted by Crippen LogP contribution is 2.36. The van der Waals surface area contributed by atoms with Gasteiger partial charge in [-0.2, -0.15) is 5.26 Å². The highest BCUT2D eigenvalue weighted by molar-refractivity contribution is 5.90. The average Bonchev–Trinajstić information content (AvgIpc) is 2.81. The summed E-state index contributed by atoms with van der Waals surface area (Å²) < 4.78 is 0. The molecule has 30 heavy (non-hydrogen) atoms. The van der Waals surface area contributed by atoms with Crippen LogP contribution in [0.3, 0.4) is 0 Å². The van der Waals surface area contributed by atoms with Crippen LogP contribution in [-0.4, -0.2) is 21.0 Å². The van der Waals surface area contributed by atoms with E-state index in [9.17, 15) is 4.79 Å². The van der Waals surface area contributed by atoms with Crippen LogP contribution in [-0.2, 0) is 5.54 Å². The predicted molar refractivity (Wildman–Crippen MR) is 113 cm³/mol. The summed E-state index contributed by atoms with van der Waals surface area (Å²) in [5, 5.41) is 15.2. The minimum atomic E-state index is -0.589. The molecule has 0 radical (unpaired) electrons. The molecule has 0 spiro atoms. The number of nitriles is 1. The van der Waals surface area contributed by atoms with Crippen LogP contribution in [0.4, 0.5) is 10.5 Å². The van der Waals surface area contributed by atoms with Crippen LogP contribution >= 0.6 is 0 Å². The molecular weight excluding hydrogens is 376 g/mol. The summed E-state index contributed by atoms with van der Waals surface area (Å²) in [7, 11) is 0. The first-order chi connectivity index (χ1) is 14.7. The predicted octanol–water partition coefficient (Wildman–Crippen LogP) is 4.39. The van der Waals surface area contributed by atoms with Gasteiger partial charge < -0.3 is 10.6 Å². The van der Waals surface area contributed by atoms with Gasteiger partial charge in [-0.15, -0.1) is 0 Å². The van der Waals surface area contributed by atoms with E-state index in [1.54, 1.807) is 24.7 Å². The molecule has 0 saturated heterocycles. The molecule has 0 atom stereocenters. The zero-order chi connectivity index (χ0) is 20.8. The molecule has 2 N–H and O–H groups in total. The molecule has 0 bridgehead atoms. The largest absolute Gasteiger partial charge is 0.327 e. The SMILES string of the molecule is N#Cc1nccc(C2(NC(=O)Nc3ccc(-c4ccncc4)cc3)CCCCC2)n1. The second-order valence-corrected chi connectivity index (χ2v) is 7.41. The highest BCUT2D eigenvalue weighted by Gasteiger charge is 2.37. The Morgan fingerprint density at radius 3 is 2.33 bits per heavy atom. The number of amides is 2. The second kappa shape index (κ2) is 8.70. The van der Waals surface area contributed by atoms with E-state index < -0.39 is 5.54 Å². The number of carbonyl (C=O) groups is 1. The van der Waals surface area contributed by atoms with Gasteiger partial charge in [-0.1, -0.05) is 31.4 Å². The van der Waals surface area contributed by atoms with E-state index in [-0.39, 0.29) is 11.9 Å². The molecule has 0 aliphatic heterocycles. The van der Waals surface area contributed by atoms with E-state index in [0.717, 1.165) is 43.2 Å². The van der Waals surface area contributed by atoms with Gasteiger partial charge in [0, 0.05) is 24.3 Å². The lowest BCUT2D eigenvalue weighted by atomic mass is 9.79. The van der Waals surface area contributed by atoms with Crippen molar-refractivity contribution in [1.29, 1.82) is 5.26 Å². The highest BCUT2D eigenvalue weighted by atomic mass is 16.2. The van der Waals surface area contributed by atoms with Crippen molar-refractivity contribution in [3.05, 3.63) is 72.6 Å². The molecule has 2 aromatic heterocycles. The molecule has 0 unspecified atom stereocenters. The molecule has 4 rings (SSSR count). The maximum atomic E-state index is 12.8. The van der Waals surface area contributed by atoms with Crippen LogP contribution in [0.15, 0.2) is 61.1 Å². The molecular formula is C23H22N6O. The standard InChI is InChI=1S/C23H22N6O/c24-16-21-26-15-10-20(28-21)23(11-2-1-3-12-23)29-22(30)27-19-6-4-17(5-7-19)18-8-13-25-14-9-18/h4-10,13-15H,1-3,11-12H2,(H2,27,29,30). The topological polar surface area (TPSA) is 104 Å². The Labute approximate surface area is 175 Å². The lowest BCUT2D eigenvalue weighted by molar-refractivity contribution is 0.209. The summed E-state index contributed by atoms with van der Waals surface area (Å²) in [6, 6.07) is 15.0. The van der Waals surface area contributed by atoms with Gasteiger partial charge >= 0.3 is 6.03 Å². The number of rotatable bonds is 4. The first kappa shape index (κ1) is 19.5. The van der Waals surface area contributed by atoms with Gasteiger partial charge in [0.2, 0.25) is 5.82 Å². The van der Waals surface area contributed by atoms with Crippen molar-refractivity contribution in [1.82, 2.24) is 20.3 Å². The van der Waals surface area contributed by atoms with Gasteiger partial charge in [0.25, 0.3) is 0 Å². The third-order valence-corrected chi connectivity index (χ3v) is 5.46. The first-order valence-electron chi connectivity index (χ1n) is 10.0. The first-order valence-corrected chi connectivity index (χ1v) is 10.0. The fraction of sp³-hybridized carbons (Fsp3) is 0.261. The van der Waals surface area contributed by atoms with E-state index in [4.69, 9.17) is 5.26 Å². The summed E-state index contributed by atoms with van der Waals surface area (Å²) in [6.07, 6.45) is 9.76. The fourth-order valence-electron chi connectivity index (χ4n) is 3.95. The van der Waals surface area contributed by atoms with Crippen molar-refractivity contribution in [3.63, 3.8) is 0 Å². The van der Waals surface area contributed by atoms with Crippen LogP contribution < -0.4 is 10.6 Å². The average molecular weight is 398 g/mol. The Morgan fingerprint density at radius 1 is 0.933 bits per heavy atom. The molecule has 7 nitrogen and oxygen atoms in total. The fourth-order valence-corrected chi connectivity index (χ4v) is 3.95. The molecule has 1 saturated carbocycles. The molecule has 1 aliphatic rings. The van der Waals surface area contributed by atoms with Crippen LogP contribution in [0.25, 0.3) is 11.1 Å². The Bertz CT molecular complexity index is 1050. The quantitative estimate of drug-likeness (QED) is 0.678. The zero-order valence-corrected chi connectivity index (χ0v) is 16.5. The van der Waals surface area contributed by atoms with Crippen LogP contribution in [0.1, 0.15) is 43.6 Å². The monoisotopic (exact) mass is 398 g/mol. The summed E-state index contributed by atoms with van der Waals surface area (Å²) in [5.74, 6) is 0.117. The minimum absolute atomic E-state index is 0.117. The Kier molecular flexibility index (Phi) is 5.66. The Hall–Kier alpha value is -3.79. The number of hydrogen-bond acceptors (Lipinski definition) is 5.